The standard InChI is InChI=1S/C19H17FN4O/c1-13-6-7-14-4-2-3-5-17(14)24(13)19(25)15-8-9-18(16(20)10-15)23-12-21-11-22-23/h2-5,8-13H,6-7H2,1H3/t13-/m1/s1. The highest BCUT2D eigenvalue weighted by atomic mass is 19.1. The molecule has 1 aliphatic heterocycles. The molecule has 5 nitrogen and oxygen atoms in total. The van der Waals surface area contributed by atoms with Crippen molar-refractivity contribution in [2.75, 3.05) is 4.90 Å². The van der Waals surface area contributed by atoms with Crippen molar-refractivity contribution in [1.29, 1.82) is 0 Å². The molecule has 1 aliphatic rings. The van der Waals surface area contributed by atoms with Crippen LogP contribution in [0.5, 0.6) is 0 Å². The maximum absolute atomic E-state index is 14.5. The van der Waals surface area contributed by atoms with Gasteiger partial charge in [-0.05, 0) is 49.6 Å². The zero-order valence-electron chi connectivity index (χ0n) is 13.8. The highest BCUT2D eigenvalue weighted by Crippen LogP contribution is 2.32. The topological polar surface area (TPSA) is 51.0 Å². The van der Waals surface area contributed by atoms with Crippen LogP contribution in [-0.4, -0.2) is 26.7 Å². The van der Waals surface area contributed by atoms with E-state index < -0.39 is 5.82 Å². The van der Waals surface area contributed by atoms with Gasteiger partial charge in [0.15, 0.2) is 0 Å². The van der Waals surface area contributed by atoms with Crippen LogP contribution < -0.4 is 4.90 Å². The SMILES string of the molecule is C[C@@H]1CCc2ccccc2N1C(=O)c1ccc(-n2cncn2)c(F)c1. The summed E-state index contributed by atoms with van der Waals surface area (Å²) in [5.74, 6) is -0.696. The minimum atomic E-state index is -0.505. The number of hydrogen-bond acceptors (Lipinski definition) is 3. The summed E-state index contributed by atoms with van der Waals surface area (Å²) in [4.78, 5) is 18.6. The Kier molecular flexibility index (Phi) is 3.80. The van der Waals surface area contributed by atoms with Gasteiger partial charge in [-0.3, -0.25) is 4.79 Å². The predicted octanol–water partition coefficient (Wildman–Crippen LogP) is 3.39. The molecule has 3 aromatic rings. The molecule has 0 saturated heterocycles. The first-order chi connectivity index (χ1) is 12.1. The molecule has 0 radical (unpaired) electrons. The second-order valence-corrected chi connectivity index (χ2v) is 6.20. The third kappa shape index (κ3) is 2.69. The van der Waals surface area contributed by atoms with E-state index in [2.05, 4.69) is 10.1 Å². The molecule has 1 aromatic heterocycles. The van der Waals surface area contributed by atoms with Crippen molar-refractivity contribution in [3.05, 3.63) is 72.1 Å². The summed E-state index contributed by atoms with van der Waals surface area (Å²) in [5, 5.41) is 3.92. The first-order valence-corrected chi connectivity index (χ1v) is 8.21. The van der Waals surface area contributed by atoms with Crippen molar-refractivity contribution >= 4 is 11.6 Å². The molecule has 0 spiro atoms. The lowest BCUT2D eigenvalue weighted by atomic mass is 9.95. The molecule has 0 saturated carbocycles. The molecule has 25 heavy (non-hydrogen) atoms. The Morgan fingerprint density at radius 2 is 2.04 bits per heavy atom. The van der Waals surface area contributed by atoms with E-state index in [1.807, 2.05) is 31.2 Å². The number of aromatic nitrogens is 3. The molecule has 6 heteroatoms. The fraction of sp³-hybridized carbons (Fsp3) is 0.211. The molecule has 0 fully saturated rings. The number of benzene rings is 2. The molecular formula is C19H17FN4O. The summed E-state index contributed by atoms with van der Waals surface area (Å²) in [6.45, 7) is 2.02. The molecule has 0 unspecified atom stereocenters. The van der Waals surface area contributed by atoms with E-state index in [1.165, 1.54) is 23.4 Å². The Hall–Kier alpha value is -3.02. The highest BCUT2D eigenvalue weighted by Gasteiger charge is 2.29. The molecule has 0 bridgehead atoms. The van der Waals surface area contributed by atoms with Crippen molar-refractivity contribution in [3.8, 4) is 5.69 Å². The number of rotatable bonds is 2. The van der Waals surface area contributed by atoms with Gasteiger partial charge in [-0.1, -0.05) is 18.2 Å². The number of amides is 1. The average Bonchev–Trinajstić information content (AvgIpc) is 3.15. The largest absolute Gasteiger partial charge is 0.305 e. The molecule has 1 atom stereocenters. The first kappa shape index (κ1) is 15.5. The van der Waals surface area contributed by atoms with Crippen LogP contribution in [0.1, 0.15) is 29.3 Å². The van der Waals surface area contributed by atoms with Gasteiger partial charge in [0.05, 0.1) is 0 Å². The maximum Gasteiger partial charge on any atom is 0.258 e. The van der Waals surface area contributed by atoms with Crippen LogP contribution in [0.2, 0.25) is 0 Å². The lowest BCUT2D eigenvalue weighted by Crippen LogP contribution is -2.42. The van der Waals surface area contributed by atoms with E-state index in [0.29, 0.717) is 5.56 Å². The molecule has 4 rings (SSSR count). The summed E-state index contributed by atoms with van der Waals surface area (Å²) in [7, 11) is 0. The van der Waals surface area contributed by atoms with E-state index in [4.69, 9.17) is 0 Å². The Morgan fingerprint density at radius 1 is 1.20 bits per heavy atom. The van der Waals surface area contributed by atoms with Gasteiger partial charge in [0.1, 0.15) is 24.2 Å². The van der Waals surface area contributed by atoms with Crippen LogP contribution in [-0.2, 0) is 6.42 Å². The van der Waals surface area contributed by atoms with Crippen LogP contribution in [0, 0.1) is 5.82 Å². The summed E-state index contributed by atoms with van der Waals surface area (Å²) >= 11 is 0. The van der Waals surface area contributed by atoms with Crippen LogP contribution in [0.3, 0.4) is 0 Å². The molecule has 0 N–H and O–H groups in total. The number of hydrogen-bond donors (Lipinski definition) is 0. The smallest absolute Gasteiger partial charge is 0.258 e. The third-order valence-electron chi connectivity index (χ3n) is 4.60. The van der Waals surface area contributed by atoms with Gasteiger partial charge < -0.3 is 4.90 Å². The van der Waals surface area contributed by atoms with Crippen LogP contribution in [0.4, 0.5) is 10.1 Å². The number of carbonyl (C=O) groups excluding carboxylic acids is 1. The Bertz CT molecular complexity index is 923. The number of nitrogens with zero attached hydrogens (tertiary/aromatic N) is 4. The molecule has 2 aromatic carbocycles. The Morgan fingerprint density at radius 3 is 2.80 bits per heavy atom. The fourth-order valence-corrected chi connectivity index (χ4v) is 3.30. The van der Waals surface area contributed by atoms with Crippen LogP contribution in [0.25, 0.3) is 5.69 Å². The van der Waals surface area contributed by atoms with Gasteiger partial charge >= 0.3 is 0 Å². The highest BCUT2D eigenvalue weighted by molar-refractivity contribution is 6.07. The van der Waals surface area contributed by atoms with Crippen molar-refractivity contribution in [3.63, 3.8) is 0 Å². The fourth-order valence-electron chi connectivity index (χ4n) is 3.30. The Labute approximate surface area is 144 Å². The van der Waals surface area contributed by atoms with Gasteiger partial charge in [0.25, 0.3) is 5.91 Å². The van der Waals surface area contributed by atoms with Crippen molar-refractivity contribution < 1.29 is 9.18 Å². The lowest BCUT2D eigenvalue weighted by molar-refractivity contribution is 0.0975. The number of aryl methyl sites for hydroxylation is 1. The van der Waals surface area contributed by atoms with Gasteiger partial charge in [0.2, 0.25) is 0 Å². The second-order valence-electron chi connectivity index (χ2n) is 6.20. The van der Waals surface area contributed by atoms with Crippen molar-refractivity contribution in [2.24, 2.45) is 0 Å². The van der Waals surface area contributed by atoms with Crippen molar-refractivity contribution in [1.82, 2.24) is 14.8 Å². The van der Waals surface area contributed by atoms with Gasteiger partial charge in [0, 0.05) is 17.3 Å². The number of para-hydroxylation sites is 1. The van der Waals surface area contributed by atoms with E-state index in [-0.39, 0.29) is 17.6 Å². The third-order valence-corrected chi connectivity index (χ3v) is 4.60. The number of halogens is 1. The van der Waals surface area contributed by atoms with E-state index >= 15 is 0 Å². The summed E-state index contributed by atoms with van der Waals surface area (Å²) in [5.41, 5.74) is 2.65. The lowest BCUT2D eigenvalue weighted by Gasteiger charge is -2.35. The van der Waals surface area contributed by atoms with Crippen LogP contribution >= 0.6 is 0 Å². The minimum absolute atomic E-state index is 0.0699. The molecule has 1 amide bonds. The number of carbonyl (C=O) groups is 1. The second kappa shape index (κ2) is 6.12. The predicted molar refractivity (Wildman–Crippen MR) is 92.4 cm³/mol. The van der Waals surface area contributed by atoms with Crippen molar-refractivity contribution in [2.45, 2.75) is 25.8 Å². The molecular weight excluding hydrogens is 319 g/mol. The summed E-state index contributed by atoms with van der Waals surface area (Å²) in [6.07, 6.45) is 4.59. The summed E-state index contributed by atoms with van der Waals surface area (Å²) < 4.78 is 15.8. The quantitative estimate of drug-likeness (QED) is 0.721. The minimum Gasteiger partial charge on any atom is -0.305 e. The maximum atomic E-state index is 14.5. The Balaban J connectivity index is 1.71. The first-order valence-electron chi connectivity index (χ1n) is 8.21. The molecule has 2 heterocycles. The van der Waals surface area contributed by atoms with Gasteiger partial charge in [-0.15, -0.1) is 0 Å². The van der Waals surface area contributed by atoms with E-state index in [9.17, 15) is 9.18 Å². The number of anilines is 1. The normalized spacial score (nSPS) is 16.6. The van der Waals surface area contributed by atoms with Gasteiger partial charge in [-0.2, -0.15) is 5.10 Å². The van der Waals surface area contributed by atoms with Gasteiger partial charge in [-0.25, -0.2) is 14.1 Å². The summed E-state index contributed by atoms with van der Waals surface area (Å²) in [6, 6.07) is 12.4. The van der Waals surface area contributed by atoms with E-state index in [1.54, 1.807) is 17.0 Å². The molecule has 126 valence electrons. The zero-order valence-corrected chi connectivity index (χ0v) is 13.8. The molecule has 0 aliphatic carbocycles. The number of fused-ring (bicyclic) bond motifs is 1. The monoisotopic (exact) mass is 336 g/mol. The average molecular weight is 336 g/mol. The van der Waals surface area contributed by atoms with E-state index in [0.717, 1.165) is 24.1 Å². The van der Waals surface area contributed by atoms with Crippen LogP contribution in [0.15, 0.2) is 55.1 Å². The zero-order chi connectivity index (χ0) is 17.4.